The fourth-order valence-electron chi connectivity index (χ4n) is 2.23. The molecule has 0 atom stereocenters. The van der Waals surface area contributed by atoms with Gasteiger partial charge in [-0.3, -0.25) is 0 Å². The van der Waals surface area contributed by atoms with Gasteiger partial charge in [-0.15, -0.1) is 0 Å². The molecule has 2 nitrogen and oxygen atoms in total. The van der Waals surface area contributed by atoms with E-state index in [9.17, 15) is 0 Å². The highest BCUT2D eigenvalue weighted by atomic mass is 16.3. The summed E-state index contributed by atoms with van der Waals surface area (Å²) in [6.45, 7) is 0.964. The Morgan fingerprint density at radius 1 is 0.833 bits per heavy atom. The molecule has 0 saturated carbocycles. The van der Waals surface area contributed by atoms with E-state index in [0.29, 0.717) is 0 Å². The lowest BCUT2D eigenvalue weighted by Gasteiger charge is -2.06. The number of aromatic nitrogens is 1. The third-order valence-electron chi connectivity index (χ3n) is 3.24. The first-order valence-corrected chi connectivity index (χ1v) is 6.09. The van der Waals surface area contributed by atoms with Gasteiger partial charge in [-0.05, 0) is 28.6 Å². The average molecular weight is 237 g/mol. The van der Waals surface area contributed by atoms with Crippen LogP contribution in [-0.2, 0) is 13.2 Å². The number of nitrogens with zero attached hydrogens (tertiary/aromatic N) is 1. The van der Waals surface area contributed by atoms with E-state index in [2.05, 4.69) is 53.2 Å². The van der Waals surface area contributed by atoms with Crippen molar-refractivity contribution in [3.63, 3.8) is 0 Å². The second kappa shape index (κ2) is 4.67. The maximum Gasteiger partial charge on any atom is 0.0681 e. The zero-order chi connectivity index (χ0) is 12.4. The fourth-order valence-corrected chi connectivity index (χ4v) is 2.23. The molecule has 3 aromatic rings. The van der Waals surface area contributed by atoms with E-state index in [1.165, 1.54) is 16.5 Å². The van der Waals surface area contributed by atoms with Gasteiger partial charge in [0.2, 0.25) is 0 Å². The SMILES string of the molecule is OCc1ccc(Cn2ccc3ccccc32)cc1. The van der Waals surface area contributed by atoms with Crippen molar-refractivity contribution in [2.75, 3.05) is 0 Å². The lowest BCUT2D eigenvalue weighted by Crippen LogP contribution is -1.97. The molecule has 0 aliphatic heterocycles. The largest absolute Gasteiger partial charge is 0.392 e. The number of aliphatic hydroxyl groups is 1. The summed E-state index contributed by atoms with van der Waals surface area (Å²) in [5.41, 5.74) is 3.45. The monoisotopic (exact) mass is 237 g/mol. The number of hydrogen-bond donors (Lipinski definition) is 1. The Kier molecular flexibility index (Phi) is 2.87. The smallest absolute Gasteiger partial charge is 0.0681 e. The standard InChI is InChI=1S/C16H15NO/c18-12-14-7-5-13(6-8-14)11-17-10-9-15-3-1-2-4-16(15)17/h1-10,18H,11-12H2. The van der Waals surface area contributed by atoms with Gasteiger partial charge in [0.05, 0.1) is 6.61 Å². The summed E-state index contributed by atoms with van der Waals surface area (Å²) in [4.78, 5) is 0. The summed E-state index contributed by atoms with van der Waals surface area (Å²) >= 11 is 0. The number of hydrogen-bond acceptors (Lipinski definition) is 1. The summed E-state index contributed by atoms with van der Waals surface area (Å²) in [7, 11) is 0. The zero-order valence-electron chi connectivity index (χ0n) is 10.1. The van der Waals surface area contributed by atoms with E-state index in [-0.39, 0.29) is 6.61 Å². The molecule has 0 unspecified atom stereocenters. The highest BCUT2D eigenvalue weighted by molar-refractivity contribution is 5.80. The predicted octanol–water partition coefficient (Wildman–Crippen LogP) is 3.18. The molecule has 2 heteroatoms. The molecule has 3 rings (SSSR count). The molecule has 0 amide bonds. The molecule has 1 aromatic heterocycles. The van der Waals surface area contributed by atoms with E-state index in [4.69, 9.17) is 5.11 Å². The first-order chi connectivity index (χ1) is 8.86. The predicted molar refractivity (Wildman–Crippen MR) is 73.4 cm³/mol. The van der Waals surface area contributed by atoms with Crippen molar-refractivity contribution >= 4 is 10.9 Å². The van der Waals surface area contributed by atoms with Crippen molar-refractivity contribution in [3.05, 3.63) is 71.9 Å². The van der Waals surface area contributed by atoms with Crippen molar-refractivity contribution in [1.82, 2.24) is 4.57 Å². The zero-order valence-corrected chi connectivity index (χ0v) is 10.1. The van der Waals surface area contributed by atoms with E-state index in [1.807, 2.05) is 12.1 Å². The lowest BCUT2D eigenvalue weighted by molar-refractivity contribution is 0.282. The van der Waals surface area contributed by atoms with Gasteiger partial charge in [-0.2, -0.15) is 0 Å². The van der Waals surface area contributed by atoms with Crippen LogP contribution in [0.15, 0.2) is 60.8 Å². The lowest BCUT2D eigenvalue weighted by atomic mass is 10.1. The van der Waals surface area contributed by atoms with Crippen molar-refractivity contribution < 1.29 is 5.11 Å². The fraction of sp³-hybridized carbons (Fsp3) is 0.125. The molecule has 2 aromatic carbocycles. The van der Waals surface area contributed by atoms with Crippen LogP contribution in [0.1, 0.15) is 11.1 Å². The molecule has 0 radical (unpaired) electrons. The third-order valence-corrected chi connectivity index (χ3v) is 3.24. The summed E-state index contributed by atoms with van der Waals surface area (Å²) < 4.78 is 2.24. The van der Waals surface area contributed by atoms with E-state index in [0.717, 1.165) is 12.1 Å². The minimum absolute atomic E-state index is 0.104. The molecule has 1 heterocycles. The average Bonchev–Trinajstić information content (AvgIpc) is 2.83. The van der Waals surface area contributed by atoms with Crippen molar-refractivity contribution in [2.45, 2.75) is 13.2 Å². The summed E-state index contributed by atoms with van der Waals surface area (Å²) in [5.74, 6) is 0. The van der Waals surface area contributed by atoms with Gasteiger partial charge in [0.25, 0.3) is 0 Å². The summed E-state index contributed by atoms with van der Waals surface area (Å²) in [5, 5.41) is 10.3. The Bertz CT molecular complexity index is 652. The first kappa shape index (κ1) is 11.1. The molecule has 0 saturated heterocycles. The molecule has 90 valence electrons. The van der Waals surface area contributed by atoms with E-state index >= 15 is 0 Å². The summed E-state index contributed by atoms with van der Waals surface area (Å²) in [6, 6.07) is 18.6. The van der Waals surface area contributed by atoms with Crippen molar-refractivity contribution in [3.8, 4) is 0 Å². The van der Waals surface area contributed by atoms with Gasteiger partial charge >= 0.3 is 0 Å². The van der Waals surface area contributed by atoms with Crippen molar-refractivity contribution in [2.24, 2.45) is 0 Å². The molecule has 1 N–H and O–H groups in total. The number of rotatable bonds is 3. The quantitative estimate of drug-likeness (QED) is 0.743. The van der Waals surface area contributed by atoms with E-state index < -0.39 is 0 Å². The minimum atomic E-state index is 0.104. The van der Waals surface area contributed by atoms with Gasteiger partial charge in [0.1, 0.15) is 0 Å². The third kappa shape index (κ3) is 2.03. The Labute approximate surface area is 106 Å². The second-order valence-corrected chi connectivity index (χ2v) is 4.48. The maximum absolute atomic E-state index is 9.02. The van der Waals surface area contributed by atoms with Gasteiger partial charge in [0.15, 0.2) is 0 Å². The van der Waals surface area contributed by atoms with Crippen LogP contribution >= 0.6 is 0 Å². The molecule has 0 bridgehead atoms. The molecular weight excluding hydrogens is 222 g/mol. The second-order valence-electron chi connectivity index (χ2n) is 4.48. The highest BCUT2D eigenvalue weighted by Gasteiger charge is 2.01. The van der Waals surface area contributed by atoms with Crippen LogP contribution in [-0.4, -0.2) is 9.67 Å². The molecule has 18 heavy (non-hydrogen) atoms. The van der Waals surface area contributed by atoms with Crippen molar-refractivity contribution in [1.29, 1.82) is 0 Å². The van der Waals surface area contributed by atoms with Crippen LogP contribution in [0.5, 0.6) is 0 Å². The van der Waals surface area contributed by atoms with Gasteiger partial charge in [-0.25, -0.2) is 0 Å². The molecule has 0 spiro atoms. The first-order valence-electron chi connectivity index (χ1n) is 6.09. The van der Waals surface area contributed by atoms with Crippen LogP contribution in [0.4, 0.5) is 0 Å². The Morgan fingerprint density at radius 3 is 2.33 bits per heavy atom. The Morgan fingerprint density at radius 2 is 1.56 bits per heavy atom. The number of benzene rings is 2. The normalized spacial score (nSPS) is 10.9. The Balaban J connectivity index is 1.91. The molecule has 0 fully saturated rings. The highest BCUT2D eigenvalue weighted by Crippen LogP contribution is 2.17. The number of fused-ring (bicyclic) bond motifs is 1. The van der Waals surface area contributed by atoms with Gasteiger partial charge in [-0.1, -0.05) is 42.5 Å². The van der Waals surface area contributed by atoms with Crippen LogP contribution in [0, 0.1) is 0 Å². The Hall–Kier alpha value is -2.06. The van der Waals surface area contributed by atoms with E-state index in [1.54, 1.807) is 0 Å². The number of aliphatic hydroxyl groups excluding tert-OH is 1. The molecular formula is C16H15NO. The van der Waals surface area contributed by atoms with Crippen LogP contribution < -0.4 is 0 Å². The van der Waals surface area contributed by atoms with Gasteiger partial charge < -0.3 is 9.67 Å². The van der Waals surface area contributed by atoms with Crippen LogP contribution in [0.25, 0.3) is 10.9 Å². The van der Waals surface area contributed by atoms with Crippen LogP contribution in [0.2, 0.25) is 0 Å². The minimum Gasteiger partial charge on any atom is -0.392 e. The summed E-state index contributed by atoms with van der Waals surface area (Å²) in [6.07, 6.45) is 2.12. The molecule has 0 aliphatic carbocycles. The number of para-hydroxylation sites is 1. The topological polar surface area (TPSA) is 25.2 Å². The van der Waals surface area contributed by atoms with Gasteiger partial charge in [0, 0.05) is 18.3 Å². The maximum atomic E-state index is 9.02. The van der Waals surface area contributed by atoms with Crippen LogP contribution in [0.3, 0.4) is 0 Å². The molecule has 0 aliphatic rings.